The summed E-state index contributed by atoms with van der Waals surface area (Å²) in [5.41, 5.74) is 0. The molecule has 0 radical (unpaired) electrons. The average molecular weight is 374 g/mol. The van der Waals surface area contributed by atoms with Gasteiger partial charge >= 0.3 is 0 Å². The van der Waals surface area contributed by atoms with Gasteiger partial charge in [0.05, 0.1) is 0 Å². The van der Waals surface area contributed by atoms with E-state index >= 15 is 0 Å². The summed E-state index contributed by atoms with van der Waals surface area (Å²) in [5, 5.41) is 9.32. The molecule has 6 heteroatoms. The summed E-state index contributed by atoms with van der Waals surface area (Å²) in [7, 11) is 1.92. The summed E-state index contributed by atoms with van der Waals surface area (Å²) < 4.78 is 0. The van der Waals surface area contributed by atoms with Gasteiger partial charge in [-0.15, -0.1) is 12.4 Å². The van der Waals surface area contributed by atoms with Crippen LogP contribution in [0.5, 0.6) is 0 Å². The van der Waals surface area contributed by atoms with Crippen LogP contribution in [0.1, 0.15) is 70.6 Å². The first-order valence-corrected chi connectivity index (χ1v) is 9.90. The molecule has 0 aromatic carbocycles. The van der Waals surface area contributed by atoms with E-state index in [9.17, 15) is 9.59 Å². The Morgan fingerprint density at radius 3 is 2.24 bits per heavy atom. The fraction of sp³-hybridized carbons (Fsp3) is 0.895. The third kappa shape index (κ3) is 8.41. The zero-order valence-electron chi connectivity index (χ0n) is 15.6. The van der Waals surface area contributed by atoms with Gasteiger partial charge < -0.3 is 16.0 Å². The largest absolute Gasteiger partial charge is 0.356 e. The molecule has 0 aliphatic heterocycles. The first-order chi connectivity index (χ1) is 11.7. The summed E-state index contributed by atoms with van der Waals surface area (Å²) in [4.78, 5) is 24.3. The number of halogens is 1. The molecule has 0 heterocycles. The molecule has 146 valence electrons. The third-order valence-corrected chi connectivity index (χ3v) is 5.56. The zero-order valence-corrected chi connectivity index (χ0v) is 16.5. The minimum atomic E-state index is 0. The normalized spacial score (nSPS) is 24.2. The second-order valence-electron chi connectivity index (χ2n) is 7.57. The van der Waals surface area contributed by atoms with Crippen molar-refractivity contribution in [1.82, 2.24) is 16.0 Å². The minimum absolute atomic E-state index is 0. The average Bonchev–Trinajstić information content (AvgIpc) is 2.60. The molecular formula is C19H36ClN3O2. The van der Waals surface area contributed by atoms with E-state index in [0.717, 1.165) is 45.2 Å². The van der Waals surface area contributed by atoms with Crippen molar-refractivity contribution in [2.75, 3.05) is 20.1 Å². The van der Waals surface area contributed by atoms with Crippen molar-refractivity contribution in [2.24, 2.45) is 11.8 Å². The molecule has 0 atom stereocenters. The van der Waals surface area contributed by atoms with Gasteiger partial charge in [-0.1, -0.05) is 19.3 Å². The Hall–Kier alpha value is -0.810. The Labute approximate surface area is 158 Å². The van der Waals surface area contributed by atoms with Crippen LogP contribution in [0.25, 0.3) is 0 Å². The molecule has 5 nitrogen and oxygen atoms in total. The lowest BCUT2D eigenvalue weighted by Crippen LogP contribution is -2.41. The van der Waals surface area contributed by atoms with E-state index in [1.165, 1.54) is 32.1 Å². The fourth-order valence-corrected chi connectivity index (χ4v) is 4.06. The van der Waals surface area contributed by atoms with Gasteiger partial charge in [0.1, 0.15) is 0 Å². The van der Waals surface area contributed by atoms with Crippen LogP contribution in [0.4, 0.5) is 0 Å². The SMILES string of the molecule is CNCCCNC(=O)C1CCC(NC(=O)CC2CCCCC2)CC1.Cl. The van der Waals surface area contributed by atoms with E-state index in [1.807, 2.05) is 7.05 Å². The van der Waals surface area contributed by atoms with Gasteiger partial charge in [-0.25, -0.2) is 0 Å². The smallest absolute Gasteiger partial charge is 0.223 e. The van der Waals surface area contributed by atoms with Gasteiger partial charge in [-0.2, -0.15) is 0 Å². The highest BCUT2D eigenvalue weighted by Gasteiger charge is 2.27. The number of hydrogen-bond donors (Lipinski definition) is 3. The van der Waals surface area contributed by atoms with Crippen LogP contribution in [-0.2, 0) is 9.59 Å². The van der Waals surface area contributed by atoms with Crippen molar-refractivity contribution in [3.63, 3.8) is 0 Å². The summed E-state index contributed by atoms with van der Waals surface area (Å²) in [5.74, 6) is 1.14. The van der Waals surface area contributed by atoms with E-state index in [1.54, 1.807) is 0 Å². The maximum absolute atomic E-state index is 12.2. The molecule has 0 spiro atoms. The van der Waals surface area contributed by atoms with Crippen LogP contribution in [0.3, 0.4) is 0 Å². The Kier molecular flexibility index (Phi) is 11.1. The van der Waals surface area contributed by atoms with Gasteiger partial charge in [0.25, 0.3) is 0 Å². The van der Waals surface area contributed by atoms with Crippen molar-refractivity contribution < 1.29 is 9.59 Å². The molecule has 2 fully saturated rings. The Morgan fingerprint density at radius 1 is 0.920 bits per heavy atom. The second-order valence-corrected chi connectivity index (χ2v) is 7.57. The van der Waals surface area contributed by atoms with Crippen molar-refractivity contribution in [1.29, 1.82) is 0 Å². The van der Waals surface area contributed by atoms with E-state index < -0.39 is 0 Å². The molecule has 2 aliphatic carbocycles. The molecule has 0 saturated heterocycles. The van der Waals surface area contributed by atoms with Crippen LogP contribution in [0.2, 0.25) is 0 Å². The van der Waals surface area contributed by atoms with Crippen LogP contribution >= 0.6 is 12.4 Å². The monoisotopic (exact) mass is 373 g/mol. The van der Waals surface area contributed by atoms with Crippen LogP contribution in [0, 0.1) is 11.8 Å². The van der Waals surface area contributed by atoms with E-state index in [2.05, 4.69) is 16.0 Å². The Bertz CT molecular complexity index is 392. The third-order valence-electron chi connectivity index (χ3n) is 5.56. The molecule has 0 aromatic heterocycles. The summed E-state index contributed by atoms with van der Waals surface area (Å²) >= 11 is 0. The van der Waals surface area contributed by atoms with E-state index in [-0.39, 0.29) is 36.2 Å². The summed E-state index contributed by atoms with van der Waals surface area (Å²) in [6.07, 6.45) is 11.7. The Morgan fingerprint density at radius 2 is 1.60 bits per heavy atom. The quantitative estimate of drug-likeness (QED) is 0.573. The second kappa shape index (κ2) is 12.5. The zero-order chi connectivity index (χ0) is 17.2. The predicted octanol–water partition coefficient (Wildman–Crippen LogP) is 2.78. The molecule has 0 unspecified atom stereocenters. The number of hydrogen-bond acceptors (Lipinski definition) is 3. The Balaban J connectivity index is 0.00000312. The molecule has 0 aromatic rings. The van der Waals surface area contributed by atoms with Crippen molar-refractivity contribution >= 4 is 24.2 Å². The van der Waals surface area contributed by atoms with Crippen LogP contribution in [-0.4, -0.2) is 38.0 Å². The maximum atomic E-state index is 12.2. The first kappa shape index (κ1) is 22.2. The first-order valence-electron chi connectivity index (χ1n) is 9.90. The number of rotatable bonds is 8. The maximum Gasteiger partial charge on any atom is 0.223 e. The lowest BCUT2D eigenvalue weighted by atomic mass is 9.84. The summed E-state index contributed by atoms with van der Waals surface area (Å²) in [6.45, 7) is 1.68. The van der Waals surface area contributed by atoms with Crippen molar-refractivity contribution in [3.05, 3.63) is 0 Å². The molecular weight excluding hydrogens is 338 g/mol. The highest BCUT2D eigenvalue weighted by Crippen LogP contribution is 2.27. The van der Waals surface area contributed by atoms with Crippen LogP contribution in [0.15, 0.2) is 0 Å². The molecule has 2 aliphatic rings. The van der Waals surface area contributed by atoms with E-state index in [4.69, 9.17) is 0 Å². The standard InChI is InChI=1S/C19H35N3O2.ClH/c1-20-12-5-13-21-19(24)16-8-10-17(11-9-16)22-18(23)14-15-6-3-2-4-7-15;/h15-17,20H,2-14H2,1H3,(H,21,24)(H,22,23);1H. The molecule has 3 N–H and O–H groups in total. The van der Waals surface area contributed by atoms with Gasteiger partial charge in [-0.3, -0.25) is 9.59 Å². The molecule has 25 heavy (non-hydrogen) atoms. The molecule has 0 bridgehead atoms. The topological polar surface area (TPSA) is 70.2 Å². The highest BCUT2D eigenvalue weighted by molar-refractivity contribution is 5.85. The van der Waals surface area contributed by atoms with Crippen molar-refractivity contribution in [2.45, 2.75) is 76.7 Å². The predicted molar refractivity (Wildman–Crippen MR) is 104 cm³/mol. The minimum Gasteiger partial charge on any atom is -0.356 e. The number of amides is 2. The number of carbonyl (C=O) groups excluding carboxylic acids is 2. The van der Waals surface area contributed by atoms with Gasteiger partial charge in [-0.05, 0) is 64.5 Å². The molecule has 2 amide bonds. The highest BCUT2D eigenvalue weighted by atomic mass is 35.5. The fourth-order valence-electron chi connectivity index (χ4n) is 4.06. The van der Waals surface area contributed by atoms with E-state index in [0.29, 0.717) is 12.3 Å². The number of carbonyl (C=O) groups is 2. The van der Waals surface area contributed by atoms with Gasteiger partial charge in [0.2, 0.25) is 11.8 Å². The molecule has 2 saturated carbocycles. The lowest BCUT2D eigenvalue weighted by molar-refractivity contribution is -0.126. The number of nitrogens with one attached hydrogen (secondary N) is 3. The van der Waals surface area contributed by atoms with Gasteiger partial charge in [0.15, 0.2) is 0 Å². The molecule has 2 rings (SSSR count). The van der Waals surface area contributed by atoms with Crippen LogP contribution < -0.4 is 16.0 Å². The lowest BCUT2D eigenvalue weighted by Gasteiger charge is -2.29. The summed E-state index contributed by atoms with van der Waals surface area (Å²) in [6, 6.07) is 0.273. The van der Waals surface area contributed by atoms with Gasteiger partial charge in [0, 0.05) is 24.9 Å². The van der Waals surface area contributed by atoms with Crippen molar-refractivity contribution in [3.8, 4) is 0 Å².